The number of ether oxygens (including phenoxy) is 1. The standard InChI is InChI=1S/C23H16F6N2O2/c24-22(25,26)18-8-4-5-9-20(18)33-14-21(32,23(27,28)29)16-10-11-19-15(12-16)13-30-31(19)17-6-2-1-3-7-17/h1-13,32H,14H2. The van der Waals surface area contributed by atoms with E-state index in [9.17, 15) is 31.4 Å². The summed E-state index contributed by atoms with van der Waals surface area (Å²) in [6.45, 7) is -1.47. The Morgan fingerprint density at radius 2 is 1.52 bits per heavy atom. The van der Waals surface area contributed by atoms with Gasteiger partial charge in [0.05, 0.1) is 23.0 Å². The second-order valence-corrected chi connectivity index (χ2v) is 7.31. The van der Waals surface area contributed by atoms with Gasteiger partial charge >= 0.3 is 12.4 Å². The molecule has 1 unspecified atom stereocenters. The normalized spacial score (nSPS) is 14.3. The molecule has 172 valence electrons. The first kappa shape index (κ1) is 22.7. The number of para-hydroxylation sites is 2. The summed E-state index contributed by atoms with van der Waals surface area (Å²) in [6, 6.07) is 16.2. The summed E-state index contributed by atoms with van der Waals surface area (Å²) in [7, 11) is 0. The molecule has 0 aliphatic heterocycles. The van der Waals surface area contributed by atoms with Crippen molar-refractivity contribution in [1.29, 1.82) is 0 Å². The predicted octanol–water partition coefficient (Wildman–Crippen LogP) is 5.87. The summed E-state index contributed by atoms with van der Waals surface area (Å²) in [5.74, 6) is -0.814. The van der Waals surface area contributed by atoms with E-state index in [1.165, 1.54) is 23.0 Å². The van der Waals surface area contributed by atoms with Crippen molar-refractivity contribution in [2.24, 2.45) is 0 Å². The van der Waals surface area contributed by atoms with Gasteiger partial charge < -0.3 is 9.84 Å². The Hall–Kier alpha value is -3.53. The monoisotopic (exact) mass is 466 g/mol. The maximum Gasteiger partial charge on any atom is 0.424 e. The second kappa shape index (κ2) is 8.11. The van der Waals surface area contributed by atoms with E-state index in [0.29, 0.717) is 22.7 Å². The molecule has 0 saturated carbocycles. The fourth-order valence-electron chi connectivity index (χ4n) is 3.40. The van der Waals surface area contributed by atoms with Gasteiger partial charge in [-0.3, -0.25) is 0 Å². The molecule has 0 bridgehead atoms. The Labute approximate surface area is 183 Å². The number of halogens is 6. The molecule has 3 aromatic carbocycles. The highest BCUT2D eigenvalue weighted by molar-refractivity contribution is 5.81. The van der Waals surface area contributed by atoms with Crippen LogP contribution in [-0.4, -0.2) is 27.7 Å². The van der Waals surface area contributed by atoms with E-state index in [1.807, 2.05) is 0 Å². The van der Waals surface area contributed by atoms with Gasteiger partial charge in [0.2, 0.25) is 5.60 Å². The molecule has 0 aliphatic rings. The molecule has 10 heteroatoms. The van der Waals surface area contributed by atoms with E-state index < -0.39 is 41.4 Å². The highest BCUT2D eigenvalue weighted by Gasteiger charge is 2.56. The molecule has 0 amide bonds. The number of rotatable bonds is 5. The lowest BCUT2D eigenvalue weighted by Crippen LogP contribution is -2.47. The van der Waals surface area contributed by atoms with E-state index >= 15 is 0 Å². The van der Waals surface area contributed by atoms with Crippen LogP contribution in [0.4, 0.5) is 26.3 Å². The van der Waals surface area contributed by atoms with Gasteiger partial charge in [0.1, 0.15) is 12.4 Å². The molecule has 1 atom stereocenters. The number of fused-ring (bicyclic) bond motifs is 1. The van der Waals surface area contributed by atoms with Crippen LogP contribution < -0.4 is 4.74 Å². The average molecular weight is 466 g/mol. The van der Waals surface area contributed by atoms with Crippen LogP contribution in [0, 0.1) is 0 Å². The van der Waals surface area contributed by atoms with Gasteiger partial charge in [-0.2, -0.15) is 31.4 Å². The fourth-order valence-corrected chi connectivity index (χ4v) is 3.40. The summed E-state index contributed by atoms with van der Waals surface area (Å²) in [6.07, 6.45) is -8.73. The summed E-state index contributed by atoms with van der Waals surface area (Å²) in [5, 5.41) is 15.1. The largest absolute Gasteiger partial charge is 0.489 e. The Morgan fingerprint density at radius 3 is 2.18 bits per heavy atom. The number of hydrogen-bond donors (Lipinski definition) is 1. The SMILES string of the molecule is OC(COc1ccccc1C(F)(F)F)(c1ccc2c(cnn2-c2ccccc2)c1)C(F)(F)F. The summed E-state index contributed by atoms with van der Waals surface area (Å²) >= 11 is 0. The first-order valence-corrected chi connectivity index (χ1v) is 9.62. The smallest absolute Gasteiger partial charge is 0.424 e. The second-order valence-electron chi connectivity index (χ2n) is 7.31. The van der Waals surface area contributed by atoms with E-state index in [4.69, 9.17) is 4.74 Å². The zero-order valence-corrected chi connectivity index (χ0v) is 16.7. The van der Waals surface area contributed by atoms with Crippen molar-refractivity contribution in [1.82, 2.24) is 9.78 Å². The molecular weight excluding hydrogens is 450 g/mol. The first-order chi connectivity index (χ1) is 15.5. The number of aromatic nitrogens is 2. The number of benzene rings is 3. The van der Waals surface area contributed by atoms with Gasteiger partial charge in [-0.15, -0.1) is 0 Å². The van der Waals surface area contributed by atoms with Gasteiger partial charge in [-0.25, -0.2) is 4.68 Å². The molecule has 4 rings (SSSR count). The number of aliphatic hydroxyl groups is 1. The molecular formula is C23H16F6N2O2. The molecule has 0 aliphatic carbocycles. The molecule has 0 spiro atoms. The van der Waals surface area contributed by atoms with Crippen LogP contribution in [0.15, 0.2) is 79.0 Å². The van der Waals surface area contributed by atoms with Crippen molar-refractivity contribution in [2.75, 3.05) is 6.61 Å². The highest BCUT2D eigenvalue weighted by atomic mass is 19.4. The van der Waals surface area contributed by atoms with Crippen molar-refractivity contribution in [2.45, 2.75) is 18.0 Å². The van der Waals surface area contributed by atoms with Crippen molar-refractivity contribution < 1.29 is 36.2 Å². The molecule has 1 heterocycles. The molecule has 0 fully saturated rings. The molecule has 0 saturated heterocycles. The molecule has 33 heavy (non-hydrogen) atoms. The van der Waals surface area contributed by atoms with E-state index in [1.54, 1.807) is 30.3 Å². The Kier molecular flexibility index (Phi) is 5.57. The maximum atomic E-state index is 13.9. The van der Waals surface area contributed by atoms with Crippen LogP contribution >= 0.6 is 0 Å². The minimum atomic E-state index is -5.23. The lowest BCUT2D eigenvalue weighted by molar-refractivity contribution is -0.275. The predicted molar refractivity (Wildman–Crippen MR) is 108 cm³/mol. The van der Waals surface area contributed by atoms with Crippen LogP contribution in [-0.2, 0) is 11.8 Å². The number of hydrogen-bond acceptors (Lipinski definition) is 3. The van der Waals surface area contributed by atoms with Crippen molar-refractivity contribution in [3.05, 3.63) is 90.1 Å². The van der Waals surface area contributed by atoms with Crippen molar-refractivity contribution >= 4 is 10.9 Å². The number of nitrogens with zero attached hydrogens (tertiary/aromatic N) is 2. The summed E-state index contributed by atoms with van der Waals surface area (Å²) < 4.78 is 87.7. The molecule has 1 N–H and O–H groups in total. The van der Waals surface area contributed by atoms with Crippen LogP contribution in [0.1, 0.15) is 11.1 Å². The average Bonchev–Trinajstić information content (AvgIpc) is 3.20. The summed E-state index contributed by atoms with van der Waals surface area (Å²) in [4.78, 5) is 0. The molecule has 1 aromatic heterocycles. The summed E-state index contributed by atoms with van der Waals surface area (Å²) in [5.41, 5.74) is -4.22. The van der Waals surface area contributed by atoms with Crippen LogP contribution in [0.2, 0.25) is 0 Å². The fraction of sp³-hybridized carbons (Fsp3) is 0.174. The lowest BCUT2D eigenvalue weighted by Gasteiger charge is -2.31. The maximum absolute atomic E-state index is 13.9. The van der Waals surface area contributed by atoms with E-state index in [2.05, 4.69) is 5.10 Å². The Bertz CT molecular complexity index is 1270. The van der Waals surface area contributed by atoms with Crippen LogP contribution in [0.5, 0.6) is 5.75 Å². The lowest BCUT2D eigenvalue weighted by atomic mass is 9.93. The van der Waals surface area contributed by atoms with Crippen molar-refractivity contribution in [3.8, 4) is 11.4 Å². The highest BCUT2D eigenvalue weighted by Crippen LogP contribution is 2.42. The topological polar surface area (TPSA) is 47.3 Å². The van der Waals surface area contributed by atoms with Gasteiger partial charge in [0.15, 0.2) is 0 Å². The third kappa shape index (κ3) is 4.25. The third-order valence-electron chi connectivity index (χ3n) is 5.14. The Balaban J connectivity index is 1.71. The number of alkyl halides is 6. The minimum Gasteiger partial charge on any atom is -0.489 e. The van der Waals surface area contributed by atoms with Crippen LogP contribution in [0.25, 0.3) is 16.6 Å². The van der Waals surface area contributed by atoms with Gasteiger partial charge in [-0.1, -0.05) is 36.4 Å². The van der Waals surface area contributed by atoms with Crippen LogP contribution in [0.3, 0.4) is 0 Å². The minimum absolute atomic E-state index is 0.301. The van der Waals surface area contributed by atoms with Crippen molar-refractivity contribution in [3.63, 3.8) is 0 Å². The molecule has 4 nitrogen and oxygen atoms in total. The quantitative estimate of drug-likeness (QED) is 0.374. The van der Waals surface area contributed by atoms with Gasteiger partial charge in [-0.05, 0) is 42.0 Å². The van der Waals surface area contributed by atoms with Gasteiger partial charge in [0, 0.05) is 5.39 Å². The van der Waals surface area contributed by atoms with Gasteiger partial charge in [0.25, 0.3) is 0 Å². The zero-order chi connectivity index (χ0) is 23.9. The Morgan fingerprint density at radius 1 is 0.848 bits per heavy atom. The van der Waals surface area contributed by atoms with E-state index in [-0.39, 0.29) is 0 Å². The zero-order valence-electron chi connectivity index (χ0n) is 16.7. The third-order valence-corrected chi connectivity index (χ3v) is 5.14. The first-order valence-electron chi connectivity index (χ1n) is 9.62. The molecule has 0 radical (unpaired) electrons. The molecule has 4 aromatic rings. The van der Waals surface area contributed by atoms with E-state index in [0.717, 1.165) is 24.3 Å².